The van der Waals surface area contributed by atoms with Gasteiger partial charge in [-0.1, -0.05) is 41.9 Å². The van der Waals surface area contributed by atoms with Crippen molar-refractivity contribution < 1.29 is 19.1 Å². The Hall–Kier alpha value is -2.53. The largest absolute Gasteiger partial charge is 0.488 e. The van der Waals surface area contributed by atoms with Crippen LogP contribution in [0.4, 0.5) is 0 Å². The zero-order valence-electron chi connectivity index (χ0n) is 15.9. The van der Waals surface area contributed by atoms with E-state index in [1.165, 1.54) is 0 Å². The molecule has 2 aromatic rings. The lowest BCUT2D eigenvalue weighted by molar-refractivity contribution is -0.149. The van der Waals surface area contributed by atoms with Gasteiger partial charge >= 0.3 is 5.97 Å². The summed E-state index contributed by atoms with van der Waals surface area (Å²) in [6, 6.07) is 14.6. The third-order valence-electron chi connectivity index (χ3n) is 4.79. The zero-order chi connectivity index (χ0) is 19.9. The van der Waals surface area contributed by atoms with Crippen LogP contribution in [0.5, 0.6) is 5.75 Å². The van der Waals surface area contributed by atoms with Crippen molar-refractivity contribution in [2.45, 2.75) is 26.4 Å². The molecule has 28 heavy (non-hydrogen) atoms. The van der Waals surface area contributed by atoms with Gasteiger partial charge < -0.3 is 14.4 Å². The molecule has 0 aliphatic carbocycles. The molecule has 0 N–H and O–H groups in total. The molecule has 0 aromatic heterocycles. The van der Waals surface area contributed by atoms with E-state index in [4.69, 9.17) is 21.1 Å². The van der Waals surface area contributed by atoms with Gasteiger partial charge in [0, 0.05) is 23.7 Å². The molecule has 1 atom stereocenters. The molecule has 0 bridgehead atoms. The molecular weight excluding hydrogens is 378 g/mol. The van der Waals surface area contributed by atoms with Crippen molar-refractivity contribution in [1.29, 1.82) is 0 Å². The minimum atomic E-state index is -0.270. The number of rotatable bonds is 6. The smallest absolute Gasteiger partial charge is 0.310 e. The summed E-state index contributed by atoms with van der Waals surface area (Å²) >= 11 is 6.19. The topological polar surface area (TPSA) is 55.8 Å². The fourth-order valence-electron chi connectivity index (χ4n) is 3.32. The predicted molar refractivity (Wildman–Crippen MR) is 107 cm³/mol. The first kappa shape index (κ1) is 20.2. The van der Waals surface area contributed by atoms with Crippen molar-refractivity contribution in [3.63, 3.8) is 0 Å². The summed E-state index contributed by atoms with van der Waals surface area (Å²) in [6.45, 7) is 3.40. The van der Waals surface area contributed by atoms with Crippen LogP contribution in [0.3, 0.4) is 0 Å². The Kier molecular flexibility index (Phi) is 6.93. The van der Waals surface area contributed by atoms with E-state index in [0.29, 0.717) is 36.0 Å². The van der Waals surface area contributed by atoms with Gasteiger partial charge in [-0.2, -0.15) is 0 Å². The lowest BCUT2D eigenvalue weighted by atomic mass is 9.97. The molecular formula is C22H24ClNO4. The number of nitrogens with zero attached hydrogens (tertiary/aromatic N) is 1. The highest BCUT2D eigenvalue weighted by Crippen LogP contribution is 2.26. The molecule has 148 valence electrons. The van der Waals surface area contributed by atoms with E-state index in [9.17, 15) is 9.59 Å². The molecule has 1 aliphatic rings. The Bertz CT molecular complexity index is 839. The number of para-hydroxylation sites is 1. The van der Waals surface area contributed by atoms with Gasteiger partial charge in [0.15, 0.2) is 0 Å². The average Bonchev–Trinajstić information content (AvgIpc) is 2.73. The summed E-state index contributed by atoms with van der Waals surface area (Å²) in [5.41, 5.74) is 1.34. The van der Waals surface area contributed by atoms with Gasteiger partial charge in [0.05, 0.1) is 18.1 Å². The maximum Gasteiger partial charge on any atom is 0.310 e. The van der Waals surface area contributed by atoms with Gasteiger partial charge in [-0.25, -0.2) is 0 Å². The fourth-order valence-corrected chi connectivity index (χ4v) is 3.51. The summed E-state index contributed by atoms with van der Waals surface area (Å²) < 4.78 is 11.0. The van der Waals surface area contributed by atoms with E-state index >= 15 is 0 Å². The summed E-state index contributed by atoms with van der Waals surface area (Å²) in [5.74, 6) is -0.133. The van der Waals surface area contributed by atoms with Crippen LogP contribution >= 0.6 is 11.6 Å². The van der Waals surface area contributed by atoms with Crippen LogP contribution in [0, 0.1) is 5.92 Å². The minimum Gasteiger partial charge on any atom is -0.488 e. The molecule has 3 rings (SSSR count). The van der Waals surface area contributed by atoms with Crippen molar-refractivity contribution in [3.05, 3.63) is 64.7 Å². The maximum absolute atomic E-state index is 13.1. The molecule has 1 unspecified atom stereocenters. The van der Waals surface area contributed by atoms with Crippen molar-refractivity contribution in [2.75, 3.05) is 19.7 Å². The number of amides is 1. The molecule has 0 saturated carbocycles. The van der Waals surface area contributed by atoms with Crippen LogP contribution in [-0.4, -0.2) is 36.5 Å². The Morgan fingerprint density at radius 3 is 2.68 bits per heavy atom. The molecule has 0 spiro atoms. The first-order valence-corrected chi connectivity index (χ1v) is 9.89. The van der Waals surface area contributed by atoms with Crippen LogP contribution in [0.15, 0.2) is 48.5 Å². The van der Waals surface area contributed by atoms with Crippen LogP contribution < -0.4 is 4.74 Å². The molecule has 1 aliphatic heterocycles. The summed E-state index contributed by atoms with van der Waals surface area (Å²) in [5, 5.41) is 0.625. The van der Waals surface area contributed by atoms with Gasteiger partial charge in [0.1, 0.15) is 12.4 Å². The number of carbonyl (C=O) groups is 2. The van der Waals surface area contributed by atoms with E-state index in [2.05, 4.69) is 0 Å². The number of hydrogen-bond donors (Lipinski definition) is 0. The number of piperidine rings is 1. The van der Waals surface area contributed by atoms with Crippen LogP contribution in [0.2, 0.25) is 5.02 Å². The molecule has 1 heterocycles. The summed E-state index contributed by atoms with van der Waals surface area (Å²) in [6.07, 6.45) is 1.52. The Morgan fingerprint density at radius 1 is 1.14 bits per heavy atom. The Balaban J connectivity index is 1.72. The predicted octanol–water partition coefficient (Wildman–Crippen LogP) is 4.33. The van der Waals surface area contributed by atoms with Gasteiger partial charge in [-0.15, -0.1) is 0 Å². The Morgan fingerprint density at radius 2 is 1.89 bits per heavy atom. The second kappa shape index (κ2) is 9.60. The van der Waals surface area contributed by atoms with Crippen LogP contribution in [0.1, 0.15) is 35.7 Å². The molecule has 2 aromatic carbocycles. The number of likely N-dealkylation sites (tertiary alicyclic amines) is 1. The first-order valence-electron chi connectivity index (χ1n) is 9.51. The van der Waals surface area contributed by atoms with Crippen LogP contribution in [-0.2, 0) is 16.1 Å². The van der Waals surface area contributed by atoms with Gasteiger partial charge in [0.25, 0.3) is 5.91 Å². The maximum atomic E-state index is 13.1. The molecule has 1 fully saturated rings. The van der Waals surface area contributed by atoms with Gasteiger partial charge in [0.2, 0.25) is 0 Å². The molecule has 1 amide bonds. The van der Waals surface area contributed by atoms with E-state index in [1.54, 1.807) is 30.0 Å². The highest BCUT2D eigenvalue weighted by Gasteiger charge is 2.30. The lowest BCUT2D eigenvalue weighted by Gasteiger charge is -2.32. The molecule has 6 heteroatoms. The molecule has 0 radical (unpaired) electrons. The zero-order valence-corrected chi connectivity index (χ0v) is 16.7. The lowest BCUT2D eigenvalue weighted by Crippen LogP contribution is -2.42. The van der Waals surface area contributed by atoms with Gasteiger partial charge in [-0.05, 0) is 38.0 Å². The number of hydrogen-bond acceptors (Lipinski definition) is 4. The van der Waals surface area contributed by atoms with Crippen LogP contribution in [0.25, 0.3) is 0 Å². The van der Waals surface area contributed by atoms with E-state index in [1.807, 2.05) is 30.3 Å². The number of ether oxygens (including phenoxy) is 2. The van der Waals surface area contributed by atoms with Crippen molar-refractivity contribution in [2.24, 2.45) is 5.92 Å². The number of halogens is 1. The number of esters is 1. The SMILES string of the molecule is CCOC(=O)C1CCCN(C(=O)c2ccccc2OCc2ccccc2Cl)C1. The number of carbonyl (C=O) groups excluding carboxylic acids is 2. The Labute approximate surface area is 170 Å². The number of benzene rings is 2. The fraction of sp³-hybridized carbons (Fsp3) is 0.364. The third-order valence-corrected chi connectivity index (χ3v) is 5.16. The first-order chi connectivity index (χ1) is 13.6. The van der Waals surface area contributed by atoms with Crippen molar-refractivity contribution >= 4 is 23.5 Å². The van der Waals surface area contributed by atoms with E-state index < -0.39 is 0 Å². The molecule has 1 saturated heterocycles. The molecule has 5 nitrogen and oxygen atoms in total. The standard InChI is InChI=1S/C22H24ClNO4/c1-2-27-22(26)16-9-7-13-24(14-16)21(25)18-10-4-6-12-20(18)28-15-17-8-3-5-11-19(17)23/h3-6,8,10-12,16H,2,7,9,13-15H2,1H3. The highest BCUT2D eigenvalue weighted by atomic mass is 35.5. The van der Waals surface area contributed by atoms with Crippen molar-refractivity contribution in [3.8, 4) is 5.75 Å². The van der Waals surface area contributed by atoms with Gasteiger partial charge in [-0.3, -0.25) is 9.59 Å². The monoisotopic (exact) mass is 401 g/mol. The summed E-state index contributed by atoms with van der Waals surface area (Å²) in [7, 11) is 0. The van der Waals surface area contributed by atoms with E-state index in [-0.39, 0.29) is 24.4 Å². The third kappa shape index (κ3) is 4.84. The average molecular weight is 402 g/mol. The second-order valence-corrected chi connectivity index (χ2v) is 7.13. The quantitative estimate of drug-likeness (QED) is 0.676. The summed E-state index contributed by atoms with van der Waals surface area (Å²) in [4.78, 5) is 26.9. The normalized spacial score (nSPS) is 16.5. The minimum absolute atomic E-state index is 0.135. The van der Waals surface area contributed by atoms with Crippen molar-refractivity contribution in [1.82, 2.24) is 4.90 Å². The second-order valence-electron chi connectivity index (χ2n) is 6.72. The highest BCUT2D eigenvalue weighted by molar-refractivity contribution is 6.31. The van der Waals surface area contributed by atoms with E-state index in [0.717, 1.165) is 18.4 Å².